The Bertz CT molecular complexity index is 1060. The number of carbonyl (C=O) groups excluding carboxylic acids is 3. The maximum Gasteiger partial charge on any atom is 0.335 e. The molecule has 0 bridgehead atoms. The number of carboxylic acid groups (broad SMARTS) is 1. The van der Waals surface area contributed by atoms with Crippen molar-refractivity contribution in [3.63, 3.8) is 0 Å². The Balaban J connectivity index is 1.66. The summed E-state index contributed by atoms with van der Waals surface area (Å²) in [6.07, 6.45) is 1.56. The van der Waals surface area contributed by atoms with Crippen molar-refractivity contribution in [2.45, 2.75) is 19.6 Å². The molecular weight excluding hydrogens is 422 g/mol. The summed E-state index contributed by atoms with van der Waals surface area (Å²) in [5.41, 5.74) is 1.58. The van der Waals surface area contributed by atoms with E-state index in [1.165, 1.54) is 20.1 Å². The van der Waals surface area contributed by atoms with Gasteiger partial charge in [0.2, 0.25) is 0 Å². The molecule has 1 aliphatic rings. The summed E-state index contributed by atoms with van der Waals surface area (Å²) in [4.78, 5) is 48.5. The number of imide groups is 1. The Labute approximate surface area is 182 Å². The first kappa shape index (κ1) is 22.1. The SMILES string of the molecule is COC(=O)[C@H](C)N1C(=O)S/C(=C/c2ccc(OCc3cccc(C(=O)O)c3)cc2)C1=O. The molecule has 8 nitrogen and oxygen atoms in total. The zero-order chi connectivity index (χ0) is 22.5. The Morgan fingerprint density at radius 3 is 2.52 bits per heavy atom. The summed E-state index contributed by atoms with van der Waals surface area (Å²) in [7, 11) is 1.19. The largest absolute Gasteiger partial charge is 0.489 e. The van der Waals surface area contributed by atoms with Gasteiger partial charge in [0, 0.05) is 0 Å². The smallest absolute Gasteiger partial charge is 0.335 e. The molecule has 1 heterocycles. The number of aromatic carboxylic acids is 1. The fourth-order valence-electron chi connectivity index (χ4n) is 2.86. The highest BCUT2D eigenvalue weighted by Crippen LogP contribution is 2.34. The second-order valence-electron chi connectivity index (χ2n) is 6.61. The van der Waals surface area contributed by atoms with Crippen molar-refractivity contribution in [3.05, 3.63) is 70.1 Å². The van der Waals surface area contributed by atoms with Crippen molar-refractivity contribution in [3.8, 4) is 5.75 Å². The van der Waals surface area contributed by atoms with E-state index >= 15 is 0 Å². The van der Waals surface area contributed by atoms with Crippen LogP contribution < -0.4 is 4.74 Å². The number of carbonyl (C=O) groups is 4. The van der Waals surface area contributed by atoms with Crippen LogP contribution in [0.4, 0.5) is 4.79 Å². The normalized spacial score (nSPS) is 15.8. The number of methoxy groups -OCH3 is 1. The van der Waals surface area contributed by atoms with Gasteiger partial charge in [-0.3, -0.25) is 14.5 Å². The van der Waals surface area contributed by atoms with E-state index in [0.717, 1.165) is 22.2 Å². The van der Waals surface area contributed by atoms with Gasteiger partial charge in [0.25, 0.3) is 11.1 Å². The second kappa shape index (κ2) is 9.48. The maximum atomic E-state index is 12.5. The van der Waals surface area contributed by atoms with Crippen LogP contribution in [0.3, 0.4) is 0 Å². The van der Waals surface area contributed by atoms with E-state index in [9.17, 15) is 19.2 Å². The fourth-order valence-corrected chi connectivity index (χ4v) is 3.77. The summed E-state index contributed by atoms with van der Waals surface area (Å²) < 4.78 is 10.3. The molecule has 2 aromatic carbocycles. The summed E-state index contributed by atoms with van der Waals surface area (Å²) in [5, 5.41) is 8.51. The van der Waals surface area contributed by atoms with Crippen molar-refractivity contribution in [1.82, 2.24) is 4.90 Å². The predicted octanol–water partition coefficient (Wildman–Crippen LogP) is 3.56. The van der Waals surface area contributed by atoms with Gasteiger partial charge in [-0.2, -0.15) is 0 Å². The zero-order valence-electron chi connectivity index (χ0n) is 16.7. The van der Waals surface area contributed by atoms with Crippen LogP contribution in [0.5, 0.6) is 5.75 Å². The third-order valence-corrected chi connectivity index (χ3v) is 5.39. The molecule has 2 amide bonds. The Morgan fingerprint density at radius 2 is 1.87 bits per heavy atom. The number of hydrogen-bond donors (Lipinski definition) is 1. The average molecular weight is 441 g/mol. The number of hydrogen-bond acceptors (Lipinski definition) is 7. The summed E-state index contributed by atoms with van der Waals surface area (Å²) >= 11 is 0.760. The number of ether oxygens (including phenoxy) is 2. The second-order valence-corrected chi connectivity index (χ2v) is 7.61. The first-order chi connectivity index (χ1) is 14.8. The molecule has 1 atom stereocenters. The Hall–Kier alpha value is -3.59. The molecule has 0 radical (unpaired) electrons. The van der Waals surface area contributed by atoms with Crippen LogP contribution in [0.1, 0.15) is 28.4 Å². The van der Waals surface area contributed by atoms with Crippen LogP contribution in [-0.4, -0.2) is 46.2 Å². The van der Waals surface area contributed by atoms with Gasteiger partial charge in [0.1, 0.15) is 18.4 Å². The molecule has 1 N–H and O–H groups in total. The van der Waals surface area contributed by atoms with E-state index in [1.54, 1.807) is 48.5 Å². The van der Waals surface area contributed by atoms with Gasteiger partial charge in [0.15, 0.2) is 0 Å². The van der Waals surface area contributed by atoms with E-state index < -0.39 is 29.1 Å². The maximum absolute atomic E-state index is 12.5. The van der Waals surface area contributed by atoms with Gasteiger partial charge in [-0.1, -0.05) is 24.3 Å². The van der Waals surface area contributed by atoms with Gasteiger partial charge >= 0.3 is 11.9 Å². The highest BCUT2D eigenvalue weighted by Gasteiger charge is 2.41. The molecule has 0 unspecified atom stereocenters. The first-order valence-electron chi connectivity index (χ1n) is 9.20. The number of amides is 2. The number of thioether (sulfide) groups is 1. The van der Waals surface area contributed by atoms with E-state index in [0.29, 0.717) is 11.3 Å². The van der Waals surface area contributed by atoms with Crippen molar-refractivity contribution in [1.29, 1.82) is 0 Å². The lowest BCUT2D eigenvalue weighted by molar-refractivity contribution is -0.148. The van der Waals surface area contributed by atoms with Gasteiger partial charge in [0.05, 0.1) is 17.6 Å². The molecule has 1 saturated heterocycles. The van der Waals surface area contributed by atoms with E-state index in [4.69, 9.17) is 9.84 Å². The van der Waals surface area contributed by atoms with E-state index in [2.05, 4.69) is 4.74 Å². The third kappa shape index (κ3) is 5.13. The van der Waals surface area contributed by atoms with Crippen LogP contribution in [0.25, 0.3) is 6.08 Å². The minimum Gasteiger partial charge on any atom is -0.489 e. The molecule has 1 fully saturated rings. The monoisotopic (exact) mass is 441 g/mol. The first-order valence-corrected chi connectivity index (χ1v) is 10.0. The highest BCUT2D eigenvalue weighted by atomic mass is 32.2. The quantitative estimate of drug-likeness (QED) is 0.513. The summed E-state index contributed by atoms with van der Waals surface area (Å²) in [6.45, 7) is 1.63. The van der Waals surface area contributed by atoms with Gasteiger partial charge < -0.3 is 14.6 Å². The molecule has 9 heteroatoms. The van der Waals surface area contributed by atoms with Crippen molar-refractivity contribution >= 4 is 40.9 Å². The lowest BCUT2D eigenvalue weighted by Gasteiger charge is -2.18. The summed E-state index contributed by atoms with van der Waals surface area (Å²) in [5.74, 6) is -1.66. The zero-order valence-corrected chi connectivity index (χ0v) is 17.5. The minimum absolute atomic E-state index is 0.187. The molecule has 31 heavy (non-hydrogen) atoms. The lowest BCUT2D eigenvalue weighted by atomic mass is 10.1. The molecule has 3 rings (SSSR count). The van der Waals surface area contributed by atoms with E-state index in [-0.39, 0.29) is 17.1 Å². The standard InChI is InChI=1S/C22H19NO7S/c1-13(21(27)29-2)23-19(24)18(31-22(23)28)11-14-6-8-17(9-7-14)30-12-15-4-3-5-16(10-15)20(25)26/h3-11,13H,12H2,1-2H3,(H,25,26)/b18-11+/t13-/m0/s1. The molecule has 0 saturated carbocycles. The minimum atomic E-state index is -1.00. The van der Waals surface area contributed by atoms with Crippen LogP contribution >= 0.6 is 11.8 Å². The van der Waals surface area contributed by atoms with Crippen LogP contribution in [0, 0.1) is 0 Å². The van der Waals surface area contributed by atoms with E-state index in [1.807, 2.05) is 0 Å². The molecular formula is C22H19NO7S. The van der Waals surface area contributed by atoms with Crippen molar-refractivity contribution in [2.75, 3.05) is 7.11 Å². The fraction of sp³-hybridized carbons (Fsp3) is 0.182. The Kier molecular flexibility index (Phi) is 6.76. The molecule has 0 aliphatic carbocycles. The summed E-state index contributed by atoms with van der Waals surface area (Å²) in [6, 6.07) is 12.3. The number of carboxylic acids is 1. The van der Waals surface area contributed by atoms with Crippen molar-refractivity contribution < 1.29 is 33.8 Å². The predicted molar refractivity (Wildman–Crippen MR) is 113 cm³/mol. The topological polar surface area (TPSA) is 110 Å². The van der Waals surface area contributed by atoms with Gasteiger partial charge in [-0.25, -0.2) is 9.59 Å². The highest BCUT2D eigenvalue weighted by molar-refractivity contribution is 8.18. The van der Waals surface area contributed by atoms with Crippen molar-refractivity contribution in [2.24, 2.45) is 0 Å². The van der Waals surface area contributed by atoms with Crippen LogP contribution in [-0.2, 0) is 20.9 Å². The van der Waals surface area contributed by atoms with Crippen LogP contribution in [0.2, 0.25) is 0 Å². The molecule has 0 aromatic heterocycles. The molecule has 160 valence electrons. The van der Waals surface area contributed by atoms with Crippen LogP contribution in [0.15, 0.2) is 53.4 Å². The lowest BCUT2D eigenvalue weighted by Crippen LogP contribution is -2.42. The van der Waals surface area contributed by atoms with Gasteiger partial charge in [-0.15, -0.1) is 0 Å². The number of nitrogens with zero attached hydrogens (tertiary/aromatic N) is 1. The number of benzene rings is 2. The molecule has 1 aliphatic heterocycles. The number of esters is 1. The Morgan fingerprint density at radius 1 is 1.16 bits per heavy atom. The molecule has 2 aromatic rings. The molecule has 0 spiro atoms. The number of rotatable bonds is 7. The third-order valence-electron chi connectivity index (χ3n) is 4.51. The van der Waals surface area contributed by atoms with Gasteiger partial charge in [-0.05, 0) is 60.2 Å². The average Bonchev–Trinajstić information content (AvgIpc) is 3.05.